The van der Waals surface area contributed by atoms with Gasteiger partial charge in [-0.25, -0.2) is 0 Å². The molecule has 0 fully saturated rings. The number of carbonyl (C=O) groups excluding carboxylic acids is 2. The van der Waals surface area contributed by atoms with E-state index in [0.29, 0.717) is 11.1 Å². The highest BCUT2D eigenvalue weighted by molar-refractivity contribution is 6.10. The van der Waals surface area contributed by atoms with Crippen molar-refractivity contribution >= 4 is 45.0 Å². The van der Waals surface area contributed by atoms with Crippen molar-refractivity contribution in [3.8, 4) is 0 Å². The predicted octanol–water partition coefficient (Wildman–Crippen LogP) is 7.92. The Hall–Kier alpha value is -5.10. The summed E-state index contributed by atoms with van der Waals surface area (Å²) in [5, 5.41) is 8.28. The Morgan fingerprint density at radius 2 is 0.975 bits per heavy atom. The zero-order valence-electron chi connectivity index (χ0n) is 22.6. The van der Waals surface area contributed by atoms with E-state index < -0.39 is 0 Å². The molecule has 0 bridgehead atoms. The lowest BCUT2D eigenvalue weighted by Gasteiger charge is -2.12. The lowest BCUT2D eigenvalue weighted by atomic mass is 9.96. The third-order valence-corrected chi connectivity index (χ3v) is 7.70. The molecule has 0 radical (unpaired) electrons. The molecule has 2 amide bonds. The Balaban J connectivity index is 1.35. The van der Waals surface area contributed by atoms with Crippen LogP contribution >= 0.6 is 0 Å². The summed E-state index contributed by atoms with van der Waals surface area (Å²) >= 11 is 0. The molecule has 2 heterocycles. The fraction of sp³-hybridized carbons (Fsp3) is 0.118. The number of hydrogen-bond acceptors (Lipinski definition) is 2. The number of aromatic nitrogens is 2. The van der Waals surface area contributed by atoms with Gasteiger partial charge in [-0.3, -0.25) is 9.59 Å². The number of H-pyrrole nitrogens is 2. The molecule has 4 N–H and O–H groups in total. The van der Waals surface area contributed by atoms with Crippen LogP contribution in [0.25, 0.3) is 21.8 Å². The third kappa shape index (κ3) is 4.43. The second-order valence-corrected chi connectivity index (χ2v) is 10.1. The Morgan fingerprint density at radius 3 is 1.38 bits per heavy atom. The molecule has 0 aliphatic heterocycles. The Morgan fingerprint density at radius 1 is 0.575 bits per heavy atom. The van der Waals surface area contributed by atoms with E-state index in [9.17, 15) is 9.59 Å². The number of hydrogen-bond donors (Lipinski definition) is 4. The molecule has 0 aliphatic carbocycles. The molecule has 40 heavy (non-hydrogen) atoms. The first-order valence-corrected chi connectivity index (χ1v) is 13.4. The molecule has 0 saturated heterocycles. The number of anilines is 2. The first-order valence-electron chi connectivity index (χ1n) is 13.4. The molecule has 6 rings (SSSR count). The second kappa shape index (κ2) is 10.2. The van der Waals surface area contributed by atoms with Crippen LogP contribution in [0.4, 0.5) is 11.4 Å². The topological polar surface area (TPSA) is 89.8 Å². The maximum Gasteiger partial charge on any atom is 0.255 e. The number of amides is 2. The van der Waals surface area contributed by atoms with Gasteiger partial charge in [0.15, 0.2) is 0 Å². The van der Waals surface area contributed by atoms with Crippen molar-refractivity contribution in [3.63, 3.8) is 0 Å². The Labute approximate surface area is 232 Å². The molecule has 2 aromatic heterocycles. The van der Waals surface area contributed by atoms with Crippen molar-refractivity contribution < 1.29 is 9.59 Å². The monoisotopic (exact) mass is 526 g/mol. The average Bonchev–Trinajstić information content (AvgIpc) is 3.51. The number of nitrogens with one attached hydrogen (secondary N) is 4. The minimum Gasteiger partial charge on any atom is -0.356 e. The molecule has 0 saturated carbocycles. The lowest BCUT2D eigenvalue weighted by molar-refractivity contribution is 0.101. The smallest absolute Gasteiger partial charge is 0.255 e. The summed E-state index contributed by atoms with van der Waals surface area (Å²) in [5.74, 6) is -0.284. The van der Waals surface area contributed by atoms with Crippen LogP contribution in [0, 0.1) is 13.8 Å². The summed E-state index contributed by atoms with van der Waals surface area (Å²) in [6, 6.07) is 30.4. The maximum absolute atomic E-state index is 12.9. The number of aromatic amines is 2. The van der Waals surface area contributed by atoms with E-state index in [1.54, 1.807) is 24.3 Å². The predicted molar refractivity (Wildman–Crippen MR) is 162 cm³/mol. The fourth-order valence-electron chi connectivity index (χ4n) is 5.53. The molecule has 198 valence electrons. The maximum atomic E-state index is 12.9. The highest BCUT2D eigenvalue weighted by atomic mass is 16.2. The van der Waals surface area contributed by atoms with Crippen molar-refractivity contribution in [3.05, 3.63) is 131 Å². The van der Waals surface area contributed by atoms with Crippen LogP contribution in [0.5, 0.6) is 0 Å². The molecule has 0 spiro atoms. The molecule has 6 aromatic rings. The molecule has 0 unspecified atom stereocenters. The van der Waals surface area contributed by atoms with E-state index in [-0.39, 0.29) is 17.7 Å². The van der Waals surface area contributed by atoms with Crippen molar-refractivity contribution in [2.45, 2.75) is 26.7 Å². The molecular weight excluding hydrogens is 496 g/mol. The SMILES string of the molecule is Cc1c(C(C)c2[nH]c3c(NC(=O)c4ccccc4)cccc3c2C)[nH]c2c(NC(=O)c3ccccc3)cccc12. The van der Waals surface area contributed by atoms with Gasteiger partial charge in [0.25, 0.3) is 11.8 Å². The second-order valence-electron chi connectivity index (χ2n) is 10.1. The number of aryl methyl sites for hydroxylation is 2. The van der Waals surface area contributed by atoms with Crippen LogP contribution in [0.1, 0.15) is 56.1 Å². The molecular formula is C34H30N4O2. The fourth-order valence-corrected chi connectivity index (χ4v) is 5.53. The summed E-state index contributed by atoms with van der Waals surface area (Å²) in [6.45, 7) is 6.38. The van der Waals surface area contributed by atoms with Crippen LogP contribution in [-0.2, 0) is 0 Å². The summed E-state index contributed by atoms with van der Waals surface area (Å²) in [7, 11) is 0. The van der Waals surface area contributed by atoms with Crippen molar-refractivity contribution in [1.82, 2.24) is 9.97 Å². The van der Waals surface area contributed by atoms with Gasteiger partial charge in [-0.05, 0) is 61.4 Å². The molecule has 6 heteroatoms. The minimum atomic E-state index is -0.147. The van der Waals surface area contributed by atoms with Crippen LogP contribution < -0.4 is 10.6 Å². The van der Waals surface area contributed by atoms with Gasteiger partial charge in [-0.15, -0.1) is 0 Å². The molecule has 4 aromatic carbocycles. The van der Waals surface area contributed by atoms with E-state index in [1.807, 2.05) is 60.7 Å². The normalized spacial score (nSPS) is 11.3. The van der Waals surface area contributed by atoms with Gasteiger partial charge in [-0.1, -0.05) is 67.6 Å². The highest BCUT2D eigenvalue weighted by Gasteiger charge is 2.22. The first kappa shape index (κ1) is 25.2. The van der Waals surface area contributed by atoms with Crippen molar-refractivity contribution in [2.75, 3.05) is 10.6 Å². The summed E-state index contributed by atoms with van der Waals surface area (Å²) in [6.07, 6.45) is 0. The van der Waals surface area contributed by atoms with E-state index >= 15 is 0 Å². The summed E-state index contributed by atoms with van der Waals surface area (Å²) in [5.41, 5.74) is 8.91. The molecule has 6 nitrogen and oxygen atoms in total. The standard InChI is InChI=1S/C34H30N4O2/c1-20-25-16-10-18-27(35-33(39)23-12-6-4-7-13-23)31(25)37-29(20)22(3)30-21(2)26-17-11-19-28(32(26)38-30)36-34(40)24-14-8-5-9-15-24/h4-19,22,37-38H,1-3H3,(H,35,39)(H,36,40). The lowest BCUT2D eigenvalue weighted by Crippen LogP contribution is -2.12. The van der Waals surface area contributed by atoms with Crippen LogP contribution in [0.3, 0.4) is 0 Å². The quantitative estimate of drug-likeness (QED) is 0.178. The van der Waals surface area contributed by atoms with Crippen LogP contribution in [0.15, 0.2) is 97.1 Å². The highest BCUT2D eigenvalue weighted by Crippen LogP contribution is 2.38. The molecule has 0 aliphatic rings. The number of rotatable bonds is 6. The minimum absolute atomic E-state index is 0.00940. The van der Waals surface area contributed by atoms with Gasteiger partial charge in [0.2, 0.25) is 0 Å². The van der Waals surface area contributed by atoms with Gasteiger partial charge in [0.1, 0.15) is 0 Å². The summed E-state index contributed by atoms with van der Waals surface area (Å²) < 4.78 is 0. The van der Waals surface area contributed by atoms with Gasteiger partial charge in [0, 0.05) is 39.2 Å². The van der Waals surface area contributed by atoms with Crippen LogP contribution in [0.2, 0.25) is 0 Å². The number of carbonyl (C=O) groups is 2. The van der Waals surface area contributed by atoms with Crippen LogP contribution in [-0.4, -0.2) is 21.8 Å². The first-order chi connectivity index (χ1) is 19.4. The van der Waals surface area contributed by atoms with E-state index in [4.69, 9.17) is 0 Å². The summed E-state index contributed by atoms with van der Waals surface area (Å²) in [4.78, 5) is 33.0. The van der Waals surface area contributed by atoms with Crippen molar-refractivity contribution in [1.29, 1.82) is 0 Å². The van der Waals surface area contributed by atoms with E-state index in [1.165, 1.54) is 0 Å². The van der Waals surface area contributed by atoms with Gasteiger partial charge < -0.3 is 20.6 Å². The van der Waals surface area contributed by atoms with E-state index in [0.717, 1.165) is 55.7 Å². The number of fused-ring (bicyclic) bond motifs is 2. The third-order valence-electron chi connectivity index (χ3n) is 7.70. The number of para-hydroxylation sites is 2. The zero-order valence-corrected chi connectivity index (χ0v) is 22.6. The van der Waals surface area contributed by atoms with Gasteiger partial charge in [0.05, 0.1) is 22.4 Å². The number of benzene rings is 4. The Kier molecular flexibility index (Phi) is 6.44. The van der Waals surface area contributed by atoms with Gasteiger partial charge in [-0.2, -0.15) is 0 Å². The van der Waals surface area contributed by atoms with E-state index in [2.05, 4.69) is 53.5 Å². The Bertz CT molecular complexity index is 1730. The van der Waals surface area contributed by atoms with Crippen molar-refractivity contribution in [2.24, 2.45) is 0 Å². The average molecular weight is 527 g/mol. The van der Waals surface area contributed by atoms with Gasteiger partial charge >= 0.3 is 0 Å². The zero-order chi connectivity index (χ0) is 27.8. The molecule has 0 atom stereocenters. The largest absolute Gasteiger partial charge is 0.356 e.